The highest BCUT2D eigenvalue weighted by atomic mass is 31.2. The van der Waals surface area contributed by atoms with Gasteiger partial charge in [0.15, 0.2) is 5.65 Å². The summed E-state index contributed by atoms with van der Waals surface area (Å²) in [6.07, 6.45) is 5.43. The predicted octanol–water partition coefficient (Wildman–Crippen LogP) is 1.72. The lowest BCUT2D eigenvalue weighted by atomic mass is 9.71. The summed E-state index contributed by atoms with van der Waals surface area (Å²) in [4.78, 5) is 30.7. The Kier molecular flexibility index (Phi) is 4.10. The predicted molar refractivity (Wildman–Crippen MR) is 83.9 cm³/mol. The van der Waals surface area contributed by atoms with Crippen LogP contribution < -0.4 is 0 Å². The Balaban J connectivity index is 1.87. The summed E-state index contributed by atoms with van der Waals surface area (Å²) in [5.74, 6) is 0. The molecule has 1 fully saturated rings. The van der Waals surface area contributed by atoms with Crippen LogP contribution in [-0.4, -0.2) is 42.3 Å². The van der Waals surface area contributed by atoms with E-state index in [2.05, 4.69) is 21.5 Å². The van der Waals surface area contributed by atoms with E-state index in [9.17, 15) is 4.57 Å². The van der Waals surface area contributed by atoms with Gasteiger partial charge in [-0.2, -0.15) is 0 Å². The first kappa shape index (κ1) is 16.3. The molecule has 0 bridgehead atoms. The number of nitrogens with zero attached hydrogens (tertiary/aromatic N) is 4. The van der Waals surface area contributed by atoms with E-state index in [1.54, 1.807) is 6.33 Å². The third-order valence-electron chi connectivity index (χ3n) is 4.35. The van der Waals surface area contributed by atoms with Crippen LogP contribution in [0.1, 0.15) is 25.0 Å². The first-order valence-electron chi connectivity index (χ1n) is 7.29. The van der Waals surface area contributed by atoms with Crippen molar-refractivity contribution in [2.45, 2.75) is 31.7 Å². The highest BCUT2D eigenvalue weighted by Gasteiger charge is 2.42. The van der Waals surface area contributed by atoms with Crippen LogP contribution in [0.3, 0.4) is 0 Å². The molecule has 0 aliphatic heterocycles. The summed E-state index contributed by atoms with van der Waals surface area (Å²) < 4.78 is 18.0. The van der Waals surface area contributed by atoms with Crippen molar-refractivity contribution in [1.29, 1.82) is 0 Å². The largest absolute Gasteiger partial charge is 0.364 e. The maximum Gasteiger partial charge on any atom is 0.350 e. The molecule has 0 atom stereocenters. The van der Waals surface area contributed by atoms with Crippen molar-refractivity contribution < 1.29 is 19.1 Å². The van der Waals surface area contributed by atoms with Gasteiger partial charge in [0.25, 0.3) is 0 Å². The van der Waals surface area contributed by atoms with Gasteiger partial charge in [0.05, 0.1) is 24.2 Å². The van der Waals surface area contributed by atoms with Crippen molar-refractivity contribution >= 4 is 18.8 Å². The first-order chi connectivity index (χ1) is 10.8. The molecule has 1 saturated carbocycles. The van der Waals surface area contributed by atoms with Crippen LogP contribution in [-0.2, 0) is 14.8 Å². The van der Waals surface area contributed by atoms with Gasteiger partial charge in [0.1, 0.15) is 18.2 Å². The molecule has 0 amide bonds. The quantitative estimate of drug-likeness (QED) is 0.609. The Hall–Kier alpha value is -1.60. The number of hydrogen-bond acceptors (Lipinski definition) is 5. The number of imidazole rings is 1. The van der Waals surface area contributed by atoms with Crippen LogP contribution in [0, 0.1) is 6.92 Å². The molecule has 0 radical (unpaired) electrons. The van der Waals surface area contributed by atoms with Crippen LogP contribution in [0.5, 0.6) is 0 Å². The zero-order valence-electron chi connectivity index (χ0n) is 12.8. The van der Waals surface area contributed by atoms with Gasteiger partial charge < -0.3 is 19.1 Å². The van der Waals surface area contributed by atoms with E-state index in [0.29, 0.717) is 0 Å². The minimum absolute atomic E-state index is 0.0921. The number of aryl methyl sites for hydroxylation is 1. The Bertz CT molecular complexity index is 793. The molecular formula is C14H19N4O4P. The summed E-state index contributed by atoms with van der Waals surface area (Å²) in [7, 11) is -4.17. The highest BCUT2D eigenvalue weighted by molar-refractivity contribution is 7.51. The smallest absolute Gasteiger partial charge is 0.350 e. The number of hydrogen-bond donors (Lipinski definition) is 2. The van der Waals surface area contributed by atoms with Gasteiger partial charge in [-0.05, 0) is 31.8 Å². The van der Waals surface area contributed by atoms with Gasteiger partial charge in [0, 0.05) is 0 Å². The number of aromatic nitrogens is 4. The molecule has 9 heteroatoms. The molecule has 2 heterocycles. The minimum Gasteiger partial charge on any atom is -0.364 e. The van der Waals surface area contributed by atoms with E-state index in [4.69, 9.17) is 14.5 Å². The third-order valence-corrected chi connectivity index (χ3v) is 4.87. The SMILES string of the molecule is C=C(COCP(=O)(O)O)C1(n2cnc3c(C)ncnc32)CCC1. The van der Waals surface area contributed by atoms with Crippen molar-refractivity contribution in [3.05, 3.63) is 30.5 Å². The average Bonchev–Trinajstić information content (AvgIpc) is 2.82. The molecule has 2 aromatic heterocycles. The molecule has 2 N–H and O–H groups in total. The number of fused-ring (bicyclic) bond motifs is 1. The topological polar surface area (TPSA) is 110 Å². The standard InChI is InChI=1S/C14H19N4O4P/c1-10(6-22-9-23(19,20)21)14(4-3-5-14)18-8-17-12-11(2)15-7-16-13(12)18/h7-8H,1,3-6,9H2,2H3,(H2,19,20,21). The molecule has 8 nitrogen and oxygen atoms in total. The zero-order chi connectivity index (χ0) is 16.7. The number of rotatable bonds is 6. The summed E-state index contributed by atoms with van der Waals surface area (Å²) in [5.41, 5.74) is 2.72. The maximum absolute atomic E-state index is 10.9. The second-order valence-corrected chi connectivity index (χ2v) is 7.46. The van der Waals surface area contributed by atoms with Crippen molar-refractivity contribution in [2.24, 2.45) is 0 Å². The van der Waals surface area contributed by atoms with Gasteiger partial charge >= 0.3 is 7.60 Å². The molecule has 2 aromatic rings. The van der Waals surface area contributed by atoms with Crippen molar-refractivity contribution in [3.8, 4) is 0 Å². The Morgan fingerprint density at radius 3 is 2.78 bits per heavy atom. The molecule has 3 rings (SSSR count). The summed E-state index contributed by atoms with van der Waals surface area (Å²) in [6, 6.07) is 0. The molecular weight excluding hydrogens is 319 g/mol. The van der Waals surface area contributed by atoms with E-state index in [-0.39, 0.29) is 12.1 Å². The minimum atomic E-state index is -4.17. The summed E-state index contributed by atoms with van der Waals surface area (Å²) in [6.45, 7) is 6.06. The summed E-state index contributed by atoms with van der Waals surface area (Å²) >= 11 is 0. The zero-order valence-corrected chi connectivity index (χ0v) is 13.7. The lowest BCUT2D eigenvalue weighted by molar-refractivity contribution is 0.128. The van der Waals surface area contributed by atoms with Gasteiger partial charge in [-0.1, -0.05) is 6.58 Å². The fourth-order valence-electron chi connectivity index (χ4n) is 2.96. The van der Waals surface area contributed by atoms with Crippen molar-refractivity contribution in [1.82, 2.24) is 19.5 Å². The molecule has 124 valence electrons. The monoisotopic (exact) mass is 338 g/mol. The van der Waals surface area contributed by atoms with Crippen LogP contribution in [0.2, 0.25) is 0 Å². The lowest BCUT2D eigenvalue weighted by Gasteiger charge is -2.44. The lowest BCUT2D eigenvalue weighted by Crippen LogP contribution is -2.43. The van der Waals surface area contributed by atoms with Crippen LogP contribution in [0.4, 0.5) is 0 Å². The molecule has 1 aliphatic carbocycles. The molecule has 23 heavy (non-hydrogen) atoms. The van der Waals surface area contributed by atoms with Crippen LogP contribution in [0.15, 0.2) is 24.8 Å². The van der Waals surface area contributed by atoms with Gasteiger partial charge in [0.2, 0.25) is 0 Å². The number of ether oxygens (including phenoxy) is 1. The van der Waals surface area contributed by atoms with Crippen molar-refractivity contribution in [2.75, 3.05) is 13.0 Å². The van der Waals surface area contributed by atoms with Gasteiger partial charge in [-0.25, -0.2) is 15.0 Å². The van der Waals surface area contributed by atoms with Crippen molar-refractivity contribution in [3.63, 3.8) is 0 Å². The normalized spacial score (nSPS) is 17.2. The van der Waals surface area contributed by atoms with E-state index in [1.807, 2.05) is 11.5 Å². The Morgan fingerprint density at radius 2 is 2.17 bits per heavy atom. The molecule has 0 unspecified atom stereocenters. The van der Waals surface area contributed by atoms with E-state index in [0.717, 1.165) is 41.7 Å². The van der Waals surface area contributed by atoms with Crippen LogP contribution in [0.25, 0.3) is 11.2 Å². The van der Waals surface area contributed by atoms with E-state index < -0.39 is 13.9 Å². The second kappa shape index (κ2) is 5.79. The van der Waals surface area contributed by atoms with Gasteiger partial charge in [-0.3, -0.25) is 4.57 Å². The average molecular weight is 338 g/mol. The maximum atomic E-state index is 10.9. The van der Waals surface area contributed by atoms with Crippen LogP contribution >= 0.6 is 7.60 Å². The highest BCUT2D eigenvalue weighted by Crippen LogP contribution is 2.46. The third kappa shape index (κ3) is 2.95. The molecule has 1 aliphatic rings. The first-order valence-corrected chi connectivity index (χ1v) is 9.09. The molecule has 0 saturated heterocycles. The molecule has 0 spiro atoms. The molecule has 0 aromatic carbocycles. The fraction of sp³-hybridized carbons (Fsp3) is 0.500. The Morgan fingerprint density at radius 1 is 1.43 bits per heavy atom. The Labute approximate surface area is 133 Å². The van der Waals surface area contributed by atoms with E-state index in [1.165, 1.54) is 6.33 Å². The fourth-order valence-corrected chi connectivity index (χ4v) is 3.29. The summed E-state index contributed by atoms with van der Waals surface area (Å²) in [5, 5.41) is 0. The van der Waals surface area contributed by atoms with Gasteiger partial charge in [-0.15, -0.1) is 0 Å². The van der Waals surface area contributed by atoms with E-state index >= 15 is 0 Å². The second-order valence-electron chi connectivity index (χ2n) is 5.88.